The minimum Gasteiger partial charge on any atom is -0.435 e. The lowest BCUT2D eigenvalue weighted by atomic mass is 10.0. The average molecular weight is 663 g/mol. The van der Waals surface area contributed by atoms with Crippen molar-refractivity contribution in [3.05, 3.63) is 24.7 Å². The first-order valence-electron chi connectivity index (χ1n) is 20.5. The summed E-state index contributed by atoms with van der Waals surface area (Å²) in [5.74, 6) is -1.46. The maximum absolute atomic E-state index is 11.9. The van der Waals surface area contributed by atoms with E-state index in [1.807, 2.05) is 12.2 Å². The fourth-order valence-electron chi connectivity index (χ4n) is 6.01. The molecule has 0 spiro atoms. The monoisotopic (exact) mass is 663 g/mol. The zero-order chi connectivity index (χ0) is 34.3. The molecule has 0 fully saturated rings. The number of hydrogen-bond acceptors (Lipinski definition) is 5. The summed E-state index contributed by atoms with van der Waals surface area (Å²) in [5, 5.41) is 9.95. The molecular weight excluding hydrogens is 584 g/mol. The van der Waals surface area contributed by atoms with Crippen LogP contribution in [-0.4, -0.2) is 23.1 Å². The lowest BCUT2D eigenvalue weighted by Crippen LogP contribution is -2.25. The highest BCUT2D eigenvalue weighted by molar-refractivity contribution is 5.82. The fourth-order valence-corrected chi connectivity index (χ4v) is 6.01. The fraction of sp³-hybridized carbons (Fsp3) is 0.857. The molecule has 47 heavy (non-hydrogen) atoms. The van der Waals surface area contributed by atoms with Gasteiger partial charge in [-0.2, -0.15) is 0 Å². The Morgan fingerprint density at radius 2 is 0.723 bits per heavy atom. The molecule has 0 bridgehead atoms. The normalized spacial score (nSPS) is 12.3. The molecule has 0 aliphatic heterocycles. The van der Waals surface area contributed by atoms with Crippen molar-refractivity contribution in [3.63, 3.8) is 0 Å². The molecule has 0 aromatic heterocycles. The summed E-state index contributed by atoms with van der Waals surface area (Å²) < 4.78 is 10.00. The molecule has 0 saturated carbocycles. The quantitative estimate of drug-likeness (QED) is 0.0407. The zero-order valence-electron chi connectivity index (χ0n) is 31.3. The number of ether oxygens (including phenoxy) is 2. The van der Waals surface area contributed by atoms with Gasteiger partial charge in [0.2, 0.25) is 0 Å². The Morgan fingerprint density at radius 1 is 0.447 bits per heavy atom. The summed E-state index contributed by atoms with van der Waals surface area (Å²) in [5.41, 5.74) is 0. The van der Waals surface area contributed by atoms with Crippen molar-refractivity contribution in [2.75, 3.05) is 0 Å². The van der Waals surface area contributed by atoms with E-state index in [0.717, 1.165) is 25.7 Å². The van der Waals surface area contributed by atoms with E-state index in [2.05, 4.69) is 13.8 Å². The van der Waals surface area contributed by atoms with Gasteiger partial charge in [-0.25, -0.2) is 4.79 Å². The van der Waals surface area contributed by atoms with E-state index in [1.54, 1.807) is 0 Å². The molecule has 5 nitrogen and oxygen atoms in total. The second-order valence-corrected chi connectivity index (χ2v) is 13.9. The van der Waals surface area contributed by atoms with Gasteiger partial charge in [-0.05, 0) is 37.8 Å². The van der Waals surface area contributed by atoms with Crippen LogP contribution in [0.1, 0.15) is 226 Å². The molecule has 276 valence electrons. The predicted octanol–water partition coefficient (Wildman–Crippen LogP) is 13.4. The van der Waals surface area contributed by atoms with Gasteiger partial charge in [0.1, 0.15) is 0 Å². The maximum atomic E-state index is 11.9. The zero-order valence-corrected chi connectivity index (χ0v) is 31.3. The van der Waals surface area contributed by atoms with Crippen LogP contribution in [0.5, 0.6) is 0 Å². The van der Waals surface area contributed by atoms with Crippen LogP contribution in [0.15, 0.2) is 24.7 Å². The predicted molar refractivity (Wildman–Crippen MR) is 200 cm³/mol. The first kappa shape index (κ1) is 45.4. The number of carbonyl (C=O) groups excluding carboxylic acids is 2. The molecule has 0 saturated heterocycles. The second kappa shape index (κ2) is 38.8. The Labute approximate surface area is 292 Å². The lowest BCUT2D eigenvalue weighted by Gasteiger charge is -2.06. The topological polar surface area (TPSA) is 72.8 Å². The van der Waals surface area contributed by atoms with Gasteiger partial charge in [0.25, 0.3) is 0 Å². The van der Waals surface area contributed by atoms with Gasteiger partial charge in [0, 0.05) is 0 Å². The Morgan fingerprint density at radius 3 is 1.04 bits per heavy atom. The van der Waals surface area contributed by atoms with Gasteiger partial charge in [-0.3, -0.25) is 4.79 Å². The van der Waals surface area contributed by atoms with Crippen LogP contribution in [0.2, 0.25) is 0 Å². The average Bonchev–Trinajstić information content (AvgIpc) is 3.07. The summed E-state index contributed by atoms with van der Waals surface area (Å²) in [6, 6.07) is 0. The highest BCUT2D eigenvalue weighted by Gasteiger charge is 2.20. The van der Waals surface area contributed by atoms with Crippen LogP contribution in [0.25, 0.3) is 0 Å². The van der Waals surface area contributed by atoms with E-state index in [4.69, 9.17) is 9.47 Å². The molecule has 1 atom stereocenters. The molecule has 0 heterocycles. The second-order valence-electron chi connectivity index (χ2n) is 13.9. The third-order valence-electron chi connectivity index (χ3n) is 9.16. The van der Waals surface area contributed by atoms with Crippen LogP contribution in [-0.2, 0) is 19.1 Å². The van der Waals surface area contributed by atoms with Crippen molar-refractivity contribution in [2.45, 2.75) is 232 Å². The SMILES string of the molecule is CCCCCCCCCCCCCCCCC/C=C/OC(=O)CC(O)C(=O)O/C=C/CCCCCCCCCCCCCCCCC. The number of aliphatic hydroxyl groups is 1. The molecule has 5 heteroatoms. The van der Waals surface area contributed by atoms with E-state index < -0.39 is 24.5 Å². The number of unbranched alkanes of at least 4 members (excludes halogenated alkanes) is 30. The molecule has 0 radical (unpaired) electrons. The number of allylic oxidation sites excluding steroid dienone is 2. The maximum Gasteiger partial charge on any atom is 0.340 e. The number of rotatable bonds is 37. The van der Waals surface area contributed by atoms with E-state index in [0.29, 0.717) is 0 Å². The molecule has 0 aromatic carbocycles. The summed E-state index contributed by atoms with van der Waals surface area (Å²) in [6.45, 7) is 4.54. The lowest BCUT2D eigenvalue weighted by molar-refractivity contribution is -0.153. The van der Waals surface area contributed by atoms with Crippen LogP contribution in [0.3, 0.4) is 0 Å². The number of aliphatic hydroxyl groups excluding tert-OH is 1. The van der Waals surface area contributed by atoms with Crippen LogP contribution < -0.4 is 0 Å². The van der Waals surface area contributed by atoms with Crippen molar-refractivity contribution in [1.29, 1.82) is 0 Å². The Bertz CT molecular complexity index is 716. The van der Waals surface area contributed by atoms with Crippen molar-refractivity contribution < 1.29 is 24.2 Å². The van der Waals surface area contributed by atoms with Crippen LogP contribution in [0, 0.1) is 0 Å². The van der Waals surface area contributed by atoms with Crippen molar-refractivity contribution in [2.24, 2.45) is 0 Å². The Balaban J connectivity index is 3.49. The van der Waals surface area contributed by atoms with E-state index in [9.17, 15) is 14.7 Å². The van der Waals surface area contributed by atoms with Gasteiger partial charge >= 0.3 is 11.9 Å². The molecule has 0 aromatic rings. The number of hydrogen-bond donors (Lipinski definition) is 1. The van der Waals surface area contributed by atoms with Gasteiger partial charge < -0.3 is 14.6 Å². The Kier molecular flexibility index (Phi) is 37.5. The standard InChI is InChI=1S/C42H78O5/c1-3-5-7-9-11-13-15-17-19-21-23-25-27-29-31-33-35-37-46-41(44)39-40(43)42(45)47-38-36-34-32-30-28-26-24-22-20-18-16-14-12-10-8-6-4-2/h35-38,40,43H,3-34,39H2,1-2H3/b37-35+,38-36+. The highest BCUT2D eigenvalue weighted by Crippen LogP contribution is 2.15. The van der Waals surface area contributed by atoms with Gasteiger partial charge in [0.15, 0.2) is 6.10 Å². The number of carbonyl (C=O) groups is 2. The van der Waals surface area contributed by atoms with Gasteiger partial charge in [-0.1, -0.05) is 194 Å². The summed E-state index contributed by atoms with van der Waals surface area (Å²) in [6.07, 6.45) is 46.3. The first-order valence-corrected chi connectivity index (χ1v) is 20.5. The van der Waals surface area contributed by atoms with Crippen molar-refractivity contribution >= 4 is 11.9 Å². The molecule has 0 aliphatic carbocycles. The van der Waals surface area contributed by atoms with E-state index in [-0.39, 0.29) is 0 Å². The van der Waals surface area contributed by atoms with Crippen molar-refractivity contribution in [1.82, 2.24) is 0 Å². The van der Waals surface area contributed by atoms with Crippen LogP contribution in [0.4, 0.5) is 0 Å². The van der Waals surface area contributed by atoms with E-state index in [1.165, 1.54) is 192 Å². The van der Waals surface area contributed by atoms with Gasteiger partial charge in [-0.15, -0.1) is 0 Å². The first-order chi connectivity index (χ1) is 23.1. The van der Waals surface area contributed by atoms with E-state index >= 15 is 0 Å². The third kappa shape index (κ3) is 37.1. The third-order valence-corrected chi connectivity index (χ3v) is 9.16. The molecular formula is C42H78O5. The van der Waals surface area contributed by atoms with Crippen molar-refractivity contribution in [3.8, 4) is 0 Å². The number of esters is 2. The summed E-state index contributed by atoms with van der Waals surface area (Å²) >= 11 is 0. The molecule has 0 amide bonds. The Hall–Kier alpha value is -1.62. The highest BCUT2D eigenvalue weighted by atomic mass is 16.5. The molecule has 0 aliphatic rings. The summed E-state index contributed by atoms with van der Waals surface area (Å²) in [4.78, 5) is 23.9. The largest absolute Gasteiger partial charge is 0.435 e. The molecule has 1 unspecified atom stereocenters. The minimum atomic E-state index is -1.51. The summed E-state index contributed by atoms with van der Waals surface area (Å²) in [7, 11) is 0. The van der Waals surface area contributed by atoms with Crippen LogP contribution >= 0.6 is 0 Å². The minimum absolute atomic E-state index is 0.408. The van der Waals surface area contributed by atoms with Gasteiger partial charge in [0.05, 0.1) is 18.9 Å². The molecule has 0 rings (SSSR count). The molecule has 1 N–H and O–H groups in total. The smallest absolute Gasteiger partial charge is 0.340 e.